The summed E-state index contributed by atoms with van der Waals surface area (Å²) in [6.07, 6.45) is 6.44. The molecular formula is C16H23N7O2. The summed E-state index contributed by atoms with van der Waals surface area (Å²) in [7, 11) is 3.57. The van der Waals surface area contributed by atoms with Crippen molar-refractivity contribution in [3.8, 4) is 0 Å². The lowest BCUT2D eigenvalue weighted by atomic mass is 9.85. The van der Waals surface area contributed by atoms with Crippen molar-refractivity contribution >= 4 is 11.8 Å². The zero-order valence-electron chi connectivity index (χ0n) is 14.7. The summed E-state index contributed by atoms with van der Waals surface area (Å²) in [6, 6.07) is -0.0862. The van der Waals surface area contributed by atoms with Crippen LogP contribution in [0, 0.1) is 5.92 Å². The van der Waals surface area contributed by atoms with Gasteiger partial charge >= 0.3 is 0 Å². The molecule has 1 N–H and O–H groups in total. The summed E-state index contributed by atoms with van der Waals surface area (Å²) in [6.45, 7) is 3.06. The van der Waals surface area contributed by atoms with Crippen LogP contribution in [0.3, 0.4) is 0 Å². The van der Waals surface area contributed by atoms with E-state index in [9.17, 15) is 9.59 Å². The van der Waals surface area contributed by atoms with Gasteiger partial charge in [-0.15, -0.1) is 5.10 Å². The fraction of sp³-hybridized carbons (Fsp3) is 0.562. The molecule has 3 heterocycles. The van der Waals surface area contributed by atoms with Crippen LogP contribution in [0.1, 0.15) is 42.0 Å². The molecular weight excluding hydrogens is 322 g/mol. The summed E-state index contributed by atoms with van der Waals surface area (Å²) in [5, 5.41) is 11.2. The smallest absolute Gasteiger partial charge is 0.290 e. The average Bonchev–Trinajstić information content (AvgIpc) is 3.21. The van der Waals surface area contributed by atoms with Gasteiger partial charge < -0.3 is 10.2 Å². The number of piperidine rings is 1. The summed E-state index contributed by atoms with van der Waals surface area (Å²) < 4.78 is 3.22. The zero-order chi connectivity index (χ0) is 18.0. The van der Waals surface area contributed by atoms with Gasteiger partial charge in [0.2, 0.25) is 11.7 Å². The average molecular weight is 345 g/mol. The lowest BCUT2D eigenvalue weighted by Gasteiger charge is -2.40. The minimum absolute atomic E-state index is 0.0862. The molecule has 0 aliphatic carbocycles. The molecule has 1 aliphatic rings. The first kappa shape index (κ1) is 17.1. The van der Waals surface area contributed by atoms with Crippen LogP contribution in [-0.2, 0) is 18.9 Å². The molecule has 9 heteroatoms. The van der Waals surface area contributed by atoms with Gasteiger partial charge in [-0.1, -0.05) is 0 Å². The van der Waals surface area contributed by atoms with E-state index >= 15 is 0 Å². The largest absolute Gasteiger partial charge is 0.349 e. The molecule has 0 unspecified atom stereocenters. The van der Waals surface area contributed by atoms with Crippen molar-refractivity contribution in [1.29, 1.82) is 0 Å². The van der Waals surface area contributed by atoms with Gasteiger partial charge in [0, 0.05) is 51.3 Å². The Morgan fingerprint density at radius 1 is 1.36 bits per heavy atom. The van der Waals surface area contributed by atoms with Crippen LogP contribution in [0.15, 0.2) is 18.7 Å². The fourth-order valence-corrected chi connectivity index (χ4v) is 3.40. The number of hydrogen-bond acceptors (Lipinski definition) is 5. The molecule has 2 amide bonds. The molecule has 9 nitrogen and oxygen atoms in total. The Morgan fingerprint density at radius 2 is 2.16 bits per heavy atom. The highest BCUT2D eigenvalue weighted by Crippen LogP contribution is 2.36. The monoisotopic (exact) mass is 345 g/mol. The first-order valence-corrected chi connectivity index (χ1v) is 8.41. The number of nitrogens with zero attached hydrogens (tertiary/aromatic N) is 6. The molecule has 0 spiro atoms. The van der Waals surface area contributed by atoms with Crippen LogP contribution in [-0.4, -0.2) is 54.3 Å². The van der Waals surface area contributed by atoms with Crippen LogP contribution in [0.2, 0.25) is 0 Å². The third-order valence-electron chi connectivity index (χ3n) is 4.57. The van der Waals surface area contributed by atoms with E-state index in [0.717, 1.165) is 12.0 Å². The van der Waals surface area contributed by atoms with Crippen molar-refractivity contribution in [3.05, 3.63) is 30.1 Å². The molecule has 2 atom stereocenters. The maximum absolute atomic E-state index is 12.3. The van der Waals surface area contributed by atoms with Gasteiger partial charge in [0.05, 0.1) is 12.2 Å². The van der Waals surface area contributed by atoms with Crippen LogP contribution in [0.4, 0.5) is 0 Å². The molecule has 0 saturated carbocycles. The third-order valence-corrected chi connectivity index (χ3v) is 4.57. The highest BCUT2D eigenvalue weighted by Gasteiger charge is 2.36. The van der Waals surface area contributed by atoms with Crippen LogP contribution >= 0.6 is 0 Å². The fourth-order valence-electron chi connectivity index (χ4n) is 3.40. The second-order valence-corrected chi connectivity index (χ2v) is 6.32. The maximum Gasteiger partial charge on any atom is 0.290 e. The van der Waals surface area contributed by atoms with Crippen LogP contribution < -0.4 is 5.32 Å². The molecule has 1 saturated heterocycles. The summed E-state index contributed by atoms with van der Waals surface area (Å²) in [5.74, 6) is 0.116. The van der Waals surface area contributed by atoms with Crippen molar-refractivity contribution in [3.63, 3.8) is 0 Å². The van der Waals surface area contributed by atoms with E-state index in [1.807, 2.05) is 25.1 Å². The van der Waals surface area contributed by atoms with Gasteiger partial charge in [-0.05, 0) is 13.3 Å². The Kier molecular flexibility index (Phi) is 4.82. The van der Waals surface area contributed by atoms with Crippen LogP contribution in [0.5, 0.6) is 0 Å². The molecule has 0 aromatic carbocycles. The van der Waals surface area contributed by atoms with E-state index in [0.29, 0.717) is 19.5 Å². The number of carbonyl (C=O) groups excluding carboxylic acids is 2. The Hall–Kier alpha value is -2.71. The Balaban J connectivity index is 1.75. The van der Waals surface area contributed by atoms with E-state index in [1.54, 1.807) is 17.9 Å². The Bertz CT molecular complexity index is 766. The highest BCUT2D eigenvalue weighted by atomic mass is 16.2. The molecule has 1 fully saturated rings. The second-order valence-electron chi connectivity index (χ2n) is 6.32. The molecule has 3 rings (SSSR count). The van der Waals surface area contributed by atoms with Gasteiger partial charge in [-0.2, -0.15) is 5.10 Å². The normalized spacial score (nSPS) is 20.8. The lowest BCUT2D eigenvalue weighted by molar-refractivity contribution is -0.138. The molecule has 0 radical (unpaired) electrons. The number of hydrogen-bond donors (Lipinski definition) is 1. The second kappa shape index (κ2) is 7.04. The van der Waals surface area contributed by atoms with Gasteiger partial charge in [0.25, 0.3) is 5.91 Å². The van der Waals surface area contributed by atoms with Gasteiger partial charge in [-0.3, -0.25) is 19.0 Å². The minimum atomic E-state index is -0.300. The number of aromatic nitrogens is 5. The Morgan fingerprint density at radius 3 is 2.76 bits per heavy atom. The lowest BCUT2D eigenvalue weighted by Crippen LogP contribution is -2.46. The number of amides is 2. The standard InChI is InChI=1S/C16H23N7O2/c1-4-23-13(24)6-5-11(14(23)12-8-19-21(2)9-12)7-17-16(25)15-18-10-22(3)20-15/h8-11,14H,4-7H2,1-3H3,(H,17,25)/t11-,14+/m1/s1. The molecule has 2 aromatic rings. The highest BCUT2D eigenvalue weighted by molar-refractivity contribution is 5.90. The maximum atomic E-state index is 12.3. The quantitative estimate of drug-likeness (QED) is 0.839. The molecule has 25 heavy (non-hydrogen) atoms. The Labute approximate surface area is 146 Å². The van der Waals surface area contributed by atoms with Crippen molar-refractivity contribution in [2.24, 2.45) is 20.0 Å². The predicted octanol–water partition coefficient (Wildman–Crippen LogP) is 0.278. The van der Waals surface area contributed by atoms with Crippen molar-refractivity contribution in [1.82, 2.24) is 34.8 Å². The number of aryl methyl sites for hydroxylation is 2. The van der Waals surface area contributed by atoms with Crippen molar-refractivity contribution in [2.75, 3.05) is 13.1 Å². The van der Waals surface area contributed by atoms with E-state index in [-0.39, 0.29) is 29.6 Å². The van der Waals surface area contributed by atoms with Gasteiger partial charge in [0.15, 0.2) is 0 Å². The molecule has 2 aromatic heterocycles. The number of rotatable bonds is 5. The summed E-state index contributed by atoms with van der Waals surface area (Å²) in [4.78, 5) is 30.4. The topological polar surface area (TPSA) is 97.9 Å². The van der Waals surface area contributed by atoms with Crippen LogP contribution in [0.25, 0.3) is 0 Å². The predicted molar refractivity (Wildman–Crippen MR) is 89.4 cm³/mol. The third kappa shape index (κ3) is 3.54. The SMILES string of the molecule is CCN1C(=O)CC[C@H](CNC(=O)c2ncn(C)n2)[C@H]1c1cnn(C)c1. The minimum Gasteiger partial charge on any atom is -0.349 e. The summed E-state index contributed by atoms with van der Waals surface area (Å²) >= 11 is 0. The van der Waals surface area contributed by atoms with Crippen molar-refractivity contribution < 1.29 is 9.59 Å². The van der Waals surface area contributed by atoms with Gasteiger partial charge in [0.1, 0.15) is 6.33 Å². The number of nitrogens with one attached hydrogen (secondary N) is 1. The van der Waals surface area contributed by atoms with E-state index in [1.165, 1.54) is 11.0 Å². The number of carbonyl (C=O) groups is 2. The molecule has 1 aliphatic heterocycles. The molecule has 134 valence electrons. The van der Waals surface area contributed by atoms with E-state index < -0.39 is 0 Å². The van der Waals surface area contributed by atoms with E-state index in [2.05, 4.69) is 20.5 Å². The van der Waals surface area contributed by atoms with E-state index in [4.69, 9.17) is 0 Å². The zero-order valence-corrected chi connectivity index (χ0v) is 14.7. The van der Waals surface area contributed by atoms with Crippen molar-refractivity contribution in [2.45, 2.75) is 25.8 Å². The van der Waals surface area contributed by atoms with Gasteiger partial charge in [-0.25, -0.2) is 4.98 Å². The summed E-state index contributed by atoms with van der Waals surface area (Å²) in [5.41, 5.74) is 0.993. The number of likely N-dealkylation sites (tertiary alicyclic amines) is 1. The first-order chi connectivity index (χ1) is 12.0. The molecule has 0 bridgehead atoms. The first-order valence-electron chi connectivity index (χ1n) is 8.41.